The third-order valence-corrected chi connectivity index (χ3v) is 3.12. The summed E-state index contributed by atoms with van der Waals surface area (Å²) < 4.78 is 20.5. The van der Waals surface area contributed by atoms with E-state index in [0.717, 1.165) is 0 Å². The first kappa shape index (κ1) is 16.6. The van der Waals surface area contributed by atoms with Crippen LogP contribution >= 0.6 is 7.60 Å². The van der Waals surface area contributed by atoms with Crippen LogP contribution in [-0.2, 0) is 18.8 Å². The number of esters is 1. The first-order chi connectivity index (χ1) is 9.45. The van der Waals surface area contributed by atoms with Crippen molar-refractivity contribution in [2.24, 2.45) is 0 Å². The molecule has 0 aromatic heterocycles. The Morgan fingerprint density at radius 1 is 1.40 bits per heavy atom. The topological polar surface area (TPSA) is 114 Å². The molecule has 1 aromatic carbocycles. The fourth-order valence-electron chi connectivity index (χ4n) is 1.12. The first-order valence-electron chi connectivity index (χ1n) is 5.76. The molecule has 2 atom stereocenters. The zero-order valence-corrected chi connectivity index (χ0v) is 11.7. The number of hydrogen-bond acceptors (Lipinski definition) is 7. The Labute approximate surface area is 115 Å². The Kier molecular flexibility index (Phi) is 6.63. The van der Waals surface area contributed by atoms with Crippen molar-refractivity contribution in [1.29, 1.82) is 0 Å². The van der Waals surface area contributed by atoms with Gasteiger partial charge >= 0.3 is 13.6 Å². The van der Waals surface area contributed by atoms with Gasteiger partial charge in [0, 0.05) is 0 Å². The molecule has 0 spiro atoms. The van der Waals surface area contributed by atoms with E-state index >= 15 is 0 Å². The molecule has 0 fully saturated rings. The van der Waals surface area contributed by atoms with Crippen molar-refractivity contribution in [1.82, 2.24) is 5.32 Å². The molecular weight excluding hydrogens is 289 g/mol. The Bertz CT molecular complexity index is 467. The fourth-order valence-corrected chi connectivity index (χ4v) is 1.71. The molecule has 0 radical (unpaired) electrons. The zero-order valence-electron chi connectivity index (χ0n) is 10.8. The second-order valence-electron chi connectivity index (χ2n) is 3.59. The Balaban J connectivity index is 2.42. The van der Waals surface area contributed by atoms with Gasteiger partial charge in [0.05, 0.1) is 13.2 Å². The molecule has 8 nitrogen and oxygen atoms in total. The molecule has 0 bridgehead atoms. The van der Waals surface area contributed by atoms with Gasteiger partial charge in [0.15, 0.2) is 5.75 Å². The van der Waals surface area contributed by atoms with Gasteiger partial charge in [0.25, 0.3) is 0 Å². The van der Waals surface area contributed by atoms with E-state index in [9.17, 15) is 19.4 Å². The lowest BCUT2D eigenvalue weighted by Gasteiger charge is -2.17. The zero-order chi connectivity index (χ0) is 15.0. The molecular formula is C11H16NO7P. The van der Waals surface area contributed by atoms with E-state index in [4.69, 9.17) is 0 Å². The number of nitrogens with one attached hydrogen (secondary N) is 1. The van der Waals surface area contributed by atoms with Crippen LogP contribution in [0.5, 0.6) is 5.75 Å². The van der Waals surface area contributed by atoms with Crippen molar-refractivity contribution in [3.05, 3.63) is 30.3 Å². The third-order valence-electron chi connectivity index (χ3n) is 2.03. The largest absolute Gasteiger partial charge is 0.465 e. The van der Waals surface area contributed by atoms with E-state index in [-0.39, 0.29) is 12.4 Å². The van der Waals surface area contributed by atoms with Gasteiger partial charge < -0.3 is 19.6 Å². The summed E-state index contributed by atoms with van der Waals surface area (Å²) in [6.07, 6.45) is 0. The van der Waals surface area contributed by atoms with Crippen molar-refractivity contribution in [2.75, 3.05) is 13.2 Å². The molecule has 9 heteroatoms. The predicted molar refractivity (Wildman–Crippen MR) is 68.6 cm³/mol. The Morgan fingerprint density at radius 3 is 2.65 bits per heavy atom. The molecule has 20 heavy (non-hydrogen) atoms. The molecule has 0 saturated carbocycles. The van der Waals surface area contributed by atoms with E-state index in [2.05, 4.69) is 19.6 Å². The lowest BCUT2D eigenvalue weighted by molar-refractivity contribution is -0.142. The smallest absolute Gasteiger partial charge is 0.408 e. The average molecular weight is 305 g/mol. The second-order valence-corrected chi connectivity index (χ2v) is 5.36. The number of carbonyl (C=O) groups excluding carboxylic acids is 1. The minimum Gasteiger partial charge on any atom is -0.465 e. The summed E-state index contributed by atoms with van der Waals surface area (Å²) in [4.78, 5) is 25.1. The van der Waals surface area contributed by atoms with E-state index in [0.29, 0.717) is 0 Å². The van der Waals surface area contributed by atoms with Gasteiger partial charge in [-0.2, -0.15) is 0 Å². The molecule has 0 saturated heterocycles. The number of para-hydroxylation sites is 1. The highest BCUT2D eigenvalue weighted by Gasteiger charge is 2.33. The van der Waals surface area contributed by atoms with Crippen LogP contribution in [0.15, 0.2) is 30.3 Å². The molecule has 112 valence electrons. The highest BCUT2D eigenvalue weighted by Crippen LogP contribution is 2.45. The van der Waals surface area contributed by atoms with Crippen molar-refractivity contribution in [2.45, 2.75) is 12.9 Å². The van der Waals surface area contributed by atoms with Crippen LogP contribution in [-0.4, -0.2) is 35.1 Å². The summed E-state index contributed by atoms with van der Waals surface area (Å²) in [6, 6.07) is 7.99. The van der Waals surface area contributed by atoms with Crippen LogP contribution in [0.25, 0.3) is 0 Å². The summed E-state index contributed by atoms with van der Waals surface area (Å²) >= 11 is 0. The van der Waals surface area contributed by atoms with Gasteiger partial charge in [-0.3, -0.25) is 14.7 Å². The number of aliphatic hydroxyl groups excluding tert-OH is 1. The Morgan fingerprint density at radius 2 is 2.05 bits per heavy atom. The van der Waals surface area contributed by atoms with Crippen LogP contribution in [0.3, 0.4) is 0 Å². The molecule has 3 N–H and O–H groups in total. The maximum Gasteiger partial charge on any atom is 0.408 e. The highest BCUT2D eigenvalue weighted by molar-refractivity contribution is 7.53. The summed E-state index contributed by atoms with van der Waals surface area (Å²) in [6.45, 7) is 1.34. The minimum absolute atomic E-state index is 0.168. The lowest BCUT2D eigenvalue weighted by Crippen LogP contribution is -2.34. The maximum atomic E-state index is 11.6. The van der Waals surface area contributed by atoms with Crippen LogP contribution in [0.1, 0.15) is 6.92 Å². The number of rotatable bonds is 8. The molecule has 0 aliphatic carbocycles. The van der Waals surface area contributed by atoms with Gasteiger partial charge in [-0.15, -0.1) is 0 Å². The van der Waals surface area contributed by atoms with Gasteiger partial charge in [-0.05, 0) is 19.1 Å². The van der Waals surface area contributed by atoms with Gasteiger partial charge in [0.2, 0.25) is 5.97 Å². The number of benzene rings is 1. The van der Waals surface area contributed by atoms with Crippen molar-refractivity contribution < 1.29 is 33.7 Å². The fraction of sp³-hybridized carbons (Fsp3) is 0.364. The number of aliphatic hydroxyl groups is 1. The van der Waals surface area contributed by atoms with E-state index < -0.39 is 26.1 Å². The normalized spacial score (nSPS) is 15.2. The molecule has 2 unspecified atom stereocenters. The third kappa shape index (κ3) is 5.68. The van der Waals surface area contributed by atoms with E-state index in [1.54, 1.807) is 25.1 Å². The average Bonchev–Trinajstić information content (AvgIpc) is 2.44. The molecule has 0 aliphatic heterocycles. The van der Waals surface area contributed by atoms with Crippen LogP contribution in [0.2, 0.25) is 0 Å². The summed E-state index contributed by atoms with van der Waals surface area (Å²) in [5.74, 6) is -2.45. The van der Waals surface area contributed by atoms with Gasteiger partial charge in [-0.1, -0.05) is 22.9 Å². The maximum absolute atomic E-state index is 11.6. The van der Waals surface area contributed by atoms with Gasteiger partial charge in [-0.25, -0.2) is 0 Å². The quantitative estimate of drug-likeness (QED) is 0.210. The number of ether oxygens (including phenoxy) is 1. The van der Waals surface area contributed by atoms with Crippen molar-refractivity contribution in [3.8, 4) is 5.75 Å². The number of hydrogen-bond donors (Lipinski definition) is 3. The van der Waals surface area contributed by atoms with Crippen LogP contribution in [0, 0.1) is 0 Å². The Hall–Kier alpha value is -1.44. The SMILES string of the molecule is CCOC(=O)CNC(O)P(=O)(O)OOc1ccccc1. The van der Waals surface area contributed by atoms with Crippen LogP contribution < -0.4 is 10.2 Å². The molecule has 1 aromatic rings. The van der Waals surface area contributed by atoms with Crippen molar-refractivity contribution in [3.63, 3.8) is 0 Å². The number of carbonyl (C=O) groups is 1. The molecule has 0 amide bonds. The van der Waals surface area contributed by atoms with Crippen molar-refractivity contribution >= 4 is 13.6 Å². The summed E-state index contributed by atoms with van der Waals surface area (Å²) in [5, 5.41) is 11.5. The lowest BCUT2D eigenvalue weighted by atomic mass is 10.3. The second kappa shape index (κ2) is 7.98. The molecule has 0 heterocycles. The minimum atomic E-state index is -4.51. The molecule has 0 aliphatic rings. The predicted octanol–water partition coefficient (Wildman–Crippen LogP) is 0.611. The summed E-state index contributed by atoms with van der Waals surface area (Å²) in [7, 11) is -4.51. The summed E-state index contributed by atoms with van der Waals surface area (Å²) in [5.41, 5.74) is 0. The monoisotopic (exact) mass is 305 g/mol. The molecule has 1 rings (SSSR count). The standard InChI is InChI=1S/C11H16NO7P/c1-2-17-10(13)8-12-11(14)20(15,16)19-18-9-6-4-3-5-7-9/h3-7,11-12,14H,2,8H2,1H3,(H,15,16). The van der Waals surface area contributed by atoms with Crippen LogP contribution in [0.4, 0.5) is 0 Å². The highest BCUT2D eigenvalue weighted by atomic mass is 31.2. The van der Waals surface area contributed by atoms with E-state index in [1.807, 2.05) is 0 Å². The van der Waals surface area contributed by atoms with E-state index in [1.165, 1.54) is 12.1 Å². The first-order valence-corrected chi connectivity index (χ1v) is 7.41. The van der Waals surface area contributed by atoms with Gasteiger partial charge in [0.1, 0.15) is 0 Å².